The number of halogens is 5. The smallest absolute Gasteiger partial charge is 0.325 e. The number of carbonyl (C=O) groups excluding carboxylic acids is 2. The van der Waals surface area contributed by atoms with Crippen molar-refractivity contribution in [3.63, 3.8) is 0 Å². The minimum absolute atomic E-state index is 0.00270. The molecule has 0 aliphatic rings. The molecule has 2 aromatic rings. The maximum atomic E-state index is 13.5. The molecular formula is C19H18ClF4N3O2. The van der Waals surface area contributed by atoms with Crippen molar-refractivity contribution in [1.82, 2.24) is 4.90 Å². The largest absolute Gasteiger partial charge is 0.417 e. The van der Waals surface area contributed by atoms with Gasteiger partial charge in [-0.05, 0) is 37.4 Å². The fraction of sp³-hybridized carbons (Fsp3) is 0.263. The standard InChI is InChI=1S/C19H18ClF4N3O2/c1-27(9-8-17(28)26-16-5-3-2-4-15(16)21)11-18(29)25-12-6-7-14(20)13(10-12)19(22,23)24/h2-7,10H,8-9,11H2,1H3,(H,25,29)(H,26,28). The monoisotopic (exact) mass is 431 g/mol. The average Bonchev–Trinajstić information content (AvgIpc) is 2.62. The van der Waals surface area contributed by atoms with Crippen molar-refractivity contribution in [3.8, 4) is 0 Å². The van der Waals surface area contributed by atoms with Crippen molar-refractivity contribution >= 4 is 34.8 Å². The summed E-state index contributed by atoms with van der Waals surface area (Å²) in [6, 6.07) is 8.78. The van der Waals surface area contributed by atoms with Crippen molar-refractivity contribution in [2.24, 2.45) is 0 Å². The summed E-state index contributed by atoms with van der Waals surface area (Å²) in [6.07, 6.45) is -4.64. The van der Waals surface area contributed by atoms with E-state index < -0.39 is 34.4 Å². The summed E-state index contributed by atoms with van der Waals surface area (Å²) in [4.78, 5) is 25.4. The van der Waals surface area contributed by atoms with E-state index in [2.05, 4.69) is 10.6 Å². The van der Waals surface area contributed by atoms with E-state index in [-0.39, 0.29) is 30.9 Å². The Kier molecular flexibility index (Phi) is 7.58. The third kappa shape index (κ3) is 7.03. The van der Waals surface area contributed by atoms with Crippen LogP contribution in [0.15, 0.2) is 42.5 Å². The molecule has 0 aromatic heterocycles. The van der Waals surface area contributed by atoms with Crippen molar-refractivity contribution in [3.05, 3.63) is 58.9 Å². The molecule has 0 aliphatic heterocycles. The Labute approximate surface area is 169 Å². The second-order valence-corrected chi connectivity index (χ2v) is 6.66. The SMILES string of the molecule is CN(CCC(=O)Nc1ccccc1F)CC(=O)Nc1ccc(Cl)c(C(F)(F)F)c1. The lowest BCUT2D eigenvalue weighted by atomic mass is 10.2. The first kappa shape index (κ1) is 22.6. The highest BCUT2D eigenvalue weighted by molar-refractivity contribution is 6.31. The van der Waals surface area contributed by atoms with E-state index in [0.29, 0.717) is 0 Å². The summed E-state index contributed by atoms with van der Waals surface area (Å²) in [7, 11) is 1.57. The van der Waals surface area contributed by atoms with Gasteiger partial charge in [-0.1, -0.05) is 23.7 Å². The van der Waals surface area contributed by atoms with Gasteiger partial charge in [0.2, 0.25) is 11.8 Å². The molecule has 0 bridgehead atoms. The van der Waals surface area contributed by atoms with Crippen LogP contribution in [0.4, 0.5) is 28.9 Å². The quantitative estimate of drug-likeness (QED) is 0.639. The summed E-state index contributed by atoms with van der Waals surface area (Å²) in [5.41, 5.74) is -1.03. The predicted octanol–water partition coefficient (Wildman–Crippen LogP) is 4.40. The number of hydrogen-bond acceptors (Lipinski definition) is 3. The third-order valence-corrected chi connectivity index (χ3v) is 4.17. The summed E-state index contributed by atoms with van der Waals surface area (Å²) in [5.74, 6) is -1.55. The normalized spacial score (nSPS) is 11.4. The van der Waals surface area contributed by atoms with Crippen LogP contribution in [0.2, 0.25) is 5.02 Å². The van der Waals surface area contributed by atoms with Gasteiger partial charge in [-0.2, -0.15) is 13.2 Å². The summed E-state index contributed by atoms with van der Waals surface area (Å²) in [6.45, 7) is 0.0269. The van der Waals surface area contributed by atoms with Crippen LogP contribution in [0.25, 0.3) is 0 Å². The molecule has 2 amide bonds. The highest BCUT2D eigenvalue weighted by Gasteiger charge is 2.33. The van der Waals surface area contributed by atoms with Crippen molar-refractivity contribution < 1.29 is 27.2 Å². The molecular weight excluding hydrogens is 414 g/mol. The van der Waals surface area contributed by atoms with Crippen LogP contribution in [-0.2, 0) is 15.8 Å². The zero-order chi connectivity index (χ0) is 21.6. The Morgan fingerprint density at radius 2 is 1.76 bits per heavy atom. The minimum Gasteiger partial charge on any atom is -0.325 e. The molecule has 0 radical (unpaired) electrons. The number of hydrogen-bond donors (Lipinski definition) is 2. The molecule has 0 spiro atoms. The lowest BCUT2D eigenvalue weighted by Gasteiger charge is -2.17. The van der Waals surface area contributed by atoms with Crippen LogP contribution in [0.1, 0.15) is 12.0 Å². The number of nitrogens with one attached hydrogen (secondary N) is 2. The van der Waals surface area contributed by atoms with E-state index >= 15 is 0 Å². The van der Waals surface area contributed by atoms with Crippen LogP contribution in [0.3, 0.4) is 0 Å². The van der Waals surface area contributed by atoms with Gasteiger partial charge >= 0.3 is 6.18 Å². The van der Waals surface area contributed by atoms with Gasteiger partial charge in [0.25, 0.3) is 0 Å². The molecule has 2 rings (SSSR count). The first-order valence-electron chi connectivity index (χ1n) is 8.46. The molecule has 0 saturated carbocycles. The Morgan fingerprint density at radius 1 is 1.07 bits per heavy atom. The molecule has 0 heterocycles. The highest BCUT2D eigenvalue weighted by atomic mass is 35.5. The molecule has 29 heavy (non-hydrogen) atoms. The van der Waals surface area contributed by atoms with Gasteiger partial charge in [-0.25, -0.2) is 4.39 Å². The van der Waals surface area contributed by atoms with Gasteiger partial charge in [0.15, 0.2) is 0 Å². The highest BCUT2D eigenvalue weighted by Crippen LogP contribution is 2.36. The zero-order valence-electron chi connectivity index (χ0n) is 15.3. The summed E-state index contributed by atoms with van der Waals surface area (Å²) >= 11 is 5.54. The third-order valence-electron chi connectivity index (χ3n) is 3.84. The van der Waals surface area contributed by atoms with Crippen molar-refractivity contribution in [2.45, 2.75) is 12.6 Å². The predicted molar refractivity (Wildman–Crippen MR) is 102 cm³/mol. The molecule has 0 fully saturated rings. The molecule has 10 heteroatoms. The molecule has 156 valence electrons. The maximum Gasteiger partial charge on any atom is 0.417 e. The number of likely N-dealkylation sites (N-methyl/N-ethyl adjacent to an activating group) is 1. The maximum absolute atomic E-state index is 13.5. The minimum atomic E-state index is -4.64. The first-order valence-corrected chi connectivity index (χ1v) is 8.83. The molecule has 0 saturated heterocycles. The van der Waals surface area contributed by atoms with E-state index in [4.69, 9.17) is 11.6 Å². The number of nitrogens with zero attached hydrogens (tertiary/aromatic N) is 1. The molecule has 2 N–H and O–H groups in total. The van der Waals surface area contributed by atoms with Gasteiger partial charge in [0.1, 0.15) is 5.82 Å². The number of anilines is 2. The second-order valence-electron chi connectivity index (χ2n) is 6.26. The fourth-order valence-corrected chi connectivity index (χ4v) is 2.64. The Hall–Kier alpha value is -2.65. The number of carbonyl (C=O) groups is 2. The topological polar surface area (TPSA) is 61.4 Å². The van der Waals surface area contributed by atoms with E-state index in [0.717, 1.165) is 12.1 Å². The Bertz CT molecular complexity index is 890. The molecule has 5 nitrogen and oxygen atoms in total. The Morgan fingerprint density at radius 3 is 2.41 bits per heavy atom. The fourth-order valence-electron chi connectivity index (χ4n) is 2.41. The number of benzene rings is 2. The van der Waals surface area contributed by atoms with Crippen LogP contribution in [-0.4, -0.2) is 36.9 Å². The Balaban J connectivity index is 1.83. The summed E-state index contributed by atoms with van der Waals surface area (Å²) < 4.78 is 52.1. The molecule has 0 aliphatic carbocycles. The van der Waals surface area contributed by atoms with Crippen LogP contribution in [0, 0.1) is 5.82 Å². The van der Waals surface area contributed by atoms with Gasteiger partial charge in [-0.15, -0.1) is 0 Å². The summed E-state index contributed by atoms with van der Waals surface area (Å²) in [5, 5.41) is 4.32. The van der Waals surface area contributed by atoms with Gasteiger partial charge in [-0.3, -0.25) is 14.5 Å². The van der Waals surface area contributed by atoms with Gasteiger partial charge < -0.3 is 10.6 Å². The molecule has 0 unspecified atom stereocenters. The molecule has 0 atom stereocenters. The number of amides is 2. The van der Waals surface area contributed by atoms with E-state index in [1.165, 1.54) is 29.2 Å². The first-order chi connectivity index (χ1) is 13.6. The van der Waals surface area contributed by atoms with Gasteiger partial charge in [0.05, 0.1) is 22.8 Å². The van der Waals surface area contributed by atoms with Crippen LogP contribution < -0.4 is 10.6 Å². The lowest BCUT2D eigenvalue weighted by molar-refractivity contribution is -0.137. The van der Waals surface area contributed by atoms with Crippen molar-refractivity contribution in [2.75, 3.05) is 30.8 Å². The zero-order valence-corrected chi connectivity index (χ0v) is 16.1. The number of rotatable bonds is 7. The van der Waals surface area contributed by atoms with E-state index in [9.17, 15) is 27.2 Å². The van der Waals surface area contributed by atoms with E-state index in [1.54, 1.807) is 13.1 Å². The lowest BCUT2D eigenvalue weighted by Crippen LogP contribution is -2.32. The van der Waals surface area contributed by atoms with Crippen LogP contribution in [0.5, 0.6) is 0 Å². The van der Waals surface area contributed by atoms with Gasteiger partial charge in [0, 0.05) is 18.7 Å². The number of alkyl halides is 3. The average molecular weight is 432 g/mol. The number of para-hydroxylation sites is 1. The second kappa shape index (κ2) is 9.71. The molecule has 2 aromatic carbocycles. The van der Waals surface area contributed by atoms with Crippen LogP contribution >= 0.6 is 11.6 Å². The van der Waals surface area contributed by atoms with Crippen molar-refractivity contribution in [1.29, 1.82) is 0 Å². The van der Waals surface area contributed by atoms with E-state index in [1.807, 2.05) is 0 Å².